The fraction of sp³-hybridized carbons (Fsp3) is 0.476. The predicted molar refractivity (Wildman–Crippen MR) is 103 cm³/mol. The molecule has 2 unspecified atom stereocenters. The van der Waals surface area contributed by atoms with Gasteiger partial charge in [0.1, 0.15) is 36.6 Å². The summed E-state index contributed by atoms with van der Waals surface area (Å²) in [6.45, 7) is 3.35. The van der Waals surface area contributed by atoms with Gasteiger partial charge >= 0.3 is 0 Å². The van der Waals surface area contributed by atoms with Gasteiger partial charge in [0.25, 0.3) is 0 Å². The van der Waals surface area contributed by atoms with Crippen LogP contribution in [0.3, 0.4) is 0 Å². The van der Waals surface area contributed by atoms with Crippen molar-refractivity contribution in [1.29, 1.82) is 0 Å². The van der Waals surface area contributed by atoms with Crippen LogP contribution in [0.15, 0.2) is 36.5 Å². The van der Waals surface area contributed by atoms with E-state index >= 15 is 0 Å². The Morgan fingerprint density at radius 3 is 2.39 bits per heavy atom. The van der Waals surface area contributed by atoms with Crippen LogP contribution >= 0.6 is 0 Å². The summed E-state index contributed by atoms with van der Waals surface area (Å²) >= 11 is 0. The Bertz CT molecular complexity index is 811. The van der Waals surface area contributed by atoms with E-state index in [0.29, 0.717) is 5.56 Å². The van der Waals surface area contributed by atoms with Crippen LogP contribution in [-0.2, 0) is 11.2 Å². The third-order valence-electron chi connectivity index (χ3n) is 5.34. The molecule has 7 heteroatoms. The first-order chi connectivity index (χ1) is 13.4. The van der Waals surface area contributed by atoms with Crippen LogP contribution in [0.4, 0.5) is 0 Å². The lowest BCUT2D eigenvalue weighted by molar-refractivity contribution is -0.250. The van der Waals surface area contributed by atoms with Gasteiger partial charge in [-0.05, 0) is 47.7 Å². The number of rotatable bonds is 5. The zero-order chi connectivity index (χ0) is 20.4. The van der Waals surface area contributed by atoms with Crippen molar-refractivity contribution in [1.82, 2.24) is 4.98 Å². The van der Waals surface area contributed by atoms with Gasteiger partial charge in [0.2, 0.25) is 0 Å². The van der Waals surface area contributed by atoms with Crippen LogP contribution in [0.25, 0.3) is 11.1 Å². The lowest BCUT2D eigenvalue weighted by atomic mass is 9.88. The molecule has 152 valence electrons. The van der Waals surface area contributed by atoms with E-state index in [2.05, 4.69) is 4.98 Å². The van der Waals surface area contributed by atoms with E-state index in [4.69, 9.17) is 4.74 Å². The van der Waals surface area contributed by atoms with Gasteiger partial charge in [-0.1, -0.05) is 25.1 Å². The van der Waals surface area contributed by atoms with Crippen LogP contribution in [0, 0.1) is 6.92 Å². The average Bonchev–Trinajstić information content (AvgIpc) is 2.72. The van der Waals surface area contributed by atoms with Crippen LogP contribution < -0.4 is 0 Å². The third-order valence-corrected chi connectivity index (χ3v) is 5.34. The van der Waals surface area contributed by atoms with Gasteiger partial charge in [-0.15, -0.1) is 0 Å². The molecule has 5 N–H and O–H groups in total. The minimum Gasteiger partial charge on any atom is -0.394 e. The summed E-state index contributed by atoms with van der Waals surface area (Å²) < 4.78 is 5.48. The standard InChI is InChI=1S/C21H27NO6/c1-3-14-9-13(6-7-22-14)12-4-5-15(11(2)8-12)17(24)21-20(27)19(26)18(25)16(10-23)28-21/h4-9,16-21,23-27H,3,10H2,1-2H3/t16?,17-,18-,19+,20?,21-/m1/s1. The molecule has 3 rings (SSSR count). The highest BCUT2D eigenvalue weighted by Crippen LogP contribution is 2.33. The molecule has 0 aliphatic carbocycles. The van der Waals surface area contributed by atoms with E-state index in [1.165, 1.54) is 0 Å². The second-order valence-corrected chi connectivity index (χ2v) is 7.20. The molecule has 0 spiro atoms. The van der Waals surface area contributed by atoms with Crippen molar-refractivity contribution in [2.45, 2.75) is 56.9 Å². The molecule has 1 aromatic carbocycles. The number of pyridine rings is 1. The zero-order valence-corrected chi connectivity index (χ0v) is 15.9. The number of hydrogen-bond acceptors (Lipinski definition) is 7. The Kier molecular flexibility index (Phi) is 6.44. The molecule has 1 fully saturated rings. The highest BCUT2D eigenvalue weighted by molar-refractivity contribution is 5.65. The molecule has 1 aromatic heterocycles. The zero-order valence-electron chi connectivity index (χ0n) is 15.9. The van der Waals surface area contributed by atoms with Crippen LogP contribution in [0.2, 0.25) is 0 Å². The number of nitrogens with zero attached hydrogens (tertiary/aromatic N) is 1. The Morgan fingerprint density at radius 2 is 1.75 bits per heavy atom. The molecule has 1 aliphatic heterocycles. The van der Waals surface area contributed by atoms with Crippen molar-refractivity contribution >= 4 is 0 Å². The molecular weight excluding hydrogens is 362 g/mol. The summed E-state index contributed by atoms with van der Waals surface area (Å²) in [5.41, 5.74) is 4.30. The van der Waals surface area contributed by atoms with Crippen molar-refractivity contribution in [3.05, 3.63) is 53.3 Å². The van der Waals surface area contributed by atoms with E-state index in [1.54, 1.807) is 12.3 Å². The van der Waals surface area contributed by atoms with E-state index < -0.39 is 43.2 Å². The second-order valence-electron chi connectivity index (χ2n) is 7.20. The summed E-state index contributed by atoms with van der Waals surface area (Å²) in [7, 11) is 0. The summed E-state index contributed by atoms with van der Waals surface area (Å²) in [4.78, 5) is 4.30. The quantitative estimate of drug-likeness (QED) is 0.504. The number of aryl methyl sites for hydroxylation is 2. The van der Waals surface area contributed by atoms with E-state index in [9.17, 15) is 25.5 Å². The average molecular weight is 389 g/mol. The maximum Gasteiger partial charge on any atom is 0.117 e. The molecule has 0 radical (unpaired) electrons. The number of aliphatic hydroxyl groups is 5. The first-order valence-electron chi connectivity index (χ1n) is 9.41. The largest absolute Gasteiger partial charge is 0.394 e. The number of aromatic nitrogens is 1. The minimum atomic E-state index is -1.52. The number of benzene rings is 1. The Morgan fingerprint density at radius 1 is 1.04 bits per heavy atom. The molecule has 1 aliphatic rings. The lowest BCUT2D eigenvalue weighted by Gasteiger charge is -2.42. The summed E-state index contributed by atoms with van der Waals surface area (Å²) in [6.07, 6.45) is -5.32. The Labute approximate surface area is 163 Å². The fourth-order valence-corrected chi connectivity index (χ4v) is 3.61. The van der Waals surface area contributed by atoms with Crippen molar-refractivity contribution in [2.75, 3.05) is 6.61 Å². The normalized spacial score (nSPS) is 28.9. The van der Waals surface area contributed by atoms with Crippen molar-refractivity contribution in [3.8, 4) is 11.1 Å². The van der Waals surface area contributed by atoms with Crippen LogP contribution in [0.1, 0.15) is 29.8 Å². The molecule has 0 saturated carbocycles. The molecule has 1 saturated heterocycles. The smallest absolute Gasteiger partial charge is 0.117 e. The molecular formula is C21H27NO6. The maximum atomic E-state index is 10.8. The van der Waals surface area contributed by atoms with Gasteiger partial charge in [0, 0.05) is 11.9 Å². The first kappa shape index (κ1) is 20.9. The van der Waals surface area contributed by atoms with E-state index in [1.807, 2.05) is 38.1 Å². The number of aliphatic hydroxyl groups excluding tert-OH is 5. The topological polar surface area (TPSA) is 123 Å². The molecule has 7 nitrogen and oxygen atoms in total. The highest BCUT2D eigenvalue weighted by Gasteiger charge is 2.46. The molecule has 2 heterocycles. The van der Waals surface area contributed by atoms with Crippen molar-refractivity contribution < 1.29 is 30.3 Å². The summed E-state index contributed by atoms with van der Waals surface area (Å²) in [6, 6.07) is 9.48. The van der Waals surface area contributed by atoms with E-state index in [0.717, 1.165) is 28.8 Å². The van der Waals surface area contributed by atoms with Gasteiger partial charge < -0.3 is 30.3 Å². The van der Waals surface area contributed by atoms with Crippen LogP contribution in [-0.4, -0.2) is 67.6 Å². The van der Waals surface area contributed by atoms with E-state index in [-0.39, 0.29) is 0 Å². The van der Waals surface area contributed by atoms with Gasteiger partial charge in [-0.2, -0.15) is 0 Å². The second kappa shape index (κ2) is 8.65. The lowest BCUT2D eigenvalue weighted by Crippen LogP contribution is -2.59. The summed E-state index contributed by atoms with van der Waals surface area (Å²) in [5.74, 6) is 0. The monoisotopic (exact) mass is 389 g/mol. The van der Waals surface area contributed by atoms with Gasteiger partial charge in [0.05, 0.1) is 6.61 Å². The highest BCUT2D eigenvalue weighted by atomic mass is 16.6. The molecule has 6 atom stereocenters. The third kappa shape index (κ3) is 3.96. The molecule has 28 heavy (non-hydrogen) atoms. The first-order valence-corrected chi connectivity index (χ1v) is 9.41. The maximum absolute atomic E-state index is 10.8. The fourth-order valence-electron chi connectivity index (χ4n) is 3.61. The number of ether oxygens (including phenoxy) is 1. The van der Waals surface area contributed by atoms with Crippen molar-refractivity contribution in [3.63, 3.8) is 0 Å². The predicted octanol–water partition coefficient (Wildman–Crippen LogP) is 0.495. The van der Waals surface area contributed by atoms with Gasteiger partial charge in [-0.25, -0.2) is 0 Å². The van der Waals surface area contributed by atoms with Crippen LogP contribution in [0.5, 0.6) is 0 Å². The summed E-state index contributed by atoms with van der Waals surface area (Å²) in [5, 5.41) is 50.2. The minimum absolute atomic E-state index is 0.534. The molecule has 0 amide bonds. The van der Waals surface area contributed by atoms with Gasteiger partial charge in [-0.3, -0.25) is 4.98 Å². The van der Waals surface area contributed by atoms with Crippen molar-refractivity contribution in [2.24, 2.45) is 0 Å². The SMILES string of the molecule is CCc1cc(-c2ccc([C@@H](O)[C@H]3OC(CO)[C@@H](O)[C@H](O)C3O)c(C)c2)ccn1. The number of hydrogen-bond donors (Lipinski definition) is 5. The Hall–Kier alpha value is -1.87. The molecule has 0 bridgehead atoms. The molecule has 2 aromatic rings. The Balaban J connectivity index is 1.87. The van der Waals surface area contributed by atoms with Gasteiger partial charge in [0.15, 0.2) is 0 Å².